The molecule has 0 unspecified atom stereocenters. The van der Waals surface area contributed by atoms with E-state index in [1.807, 2.05) is 78.9 Å². The lowest BCUT2D eigenvalue weighted by molar-refractivity contribution is 0.627. The van der Waals surface area contributed by atoms with Crippen molar-refractivity contribution in [2.24, 2.45) is 0 Å². The lowest BCUT2D eigenvalue weighted by Gasteiger charge is -2.16. The predicted molar refractivity (Wildman–Crippen MR) is 147 cm³/mol. The molecule has 5 aromatic carbocycles. The van der Waals surface area contributed by atoms with Crippen LogP contribution in [0.4, 0.5) is 8.78 Å². The van der Waals surface area contributed by atoms with E-state index in [0.29, 0.717) is 0 Å². The number of hydrogen-bond acceptors (Lipinski definition) is 0. The molecule has 0 fully saturated rings. The maximum absolute atomic E-state index is 14.1. The van der Waals surface area contributed by atoms with E-state index in [1.165, 1.54) is 24.3 Å². The predicted octanol–water partition coefficient (Wildman–Crippen LogP) is 9.42. The zero-order valence-electron chi connectivity index (χ0n) is 20.0. The normalized spacial score (nSPS) is 11.0. The van der Waals surface area contributed by atoms with Crippen LogP contribution in [0.25, 0.3) is 50.5 Å². The second kappa shape index (κ2) is 9.71. The summed E-state index contributed by atoms with van der Waals surface area (Å²) >= 11 is 0. The van der Waals surface area contributed by atoms with Crippen molar-refractivity contribution in [2.45, 2.75) is 0 Å². The number of rotatable bonds is 5. The fraction of sp³-hybridized carbons (Fsp3) is 0. The lowest BCUT2D eigenvalue weighted by atomic mass is 9.91. The first kappa shape index (κ1) is 22.7. The summed E-state index contributed by atoms with van der Waals surface area (Å²) in [6.07, 6.45) is 0. The average Bonchev–Trinajstić information content (AvgIpc) is 3.31. The molecule has 178 valence electrons. The minimum absolute atomic E-state index is 0.287. The summed E-state index contributed by atoms with van der Waals surface area (Å²) in [5, 5.41) is 0. The highest BCUT2D eigenvalue weighted by Crippen LogP contribution is 2.49. The highest BCUT2D eigenvalue weighted by molar-refractivity contribution is 6.03. The van der Waals surface area contributed by atoms with Crippen molar-refractivity contribution in [3.63, 3.8) is 0 Å². The number of benzene rings is 5. The van der Waals surface area contributed by atoms with Gasteiger partial charge >= 0.3 is 0 Å². The van der Waals surface area contributed by atoms with Crippen molar-refractivity contribution in [3.05, 3.63) is 151 Å². The van der Waals surface area contributed by atoms with E-state index in [9.17, 15) is 8.78 Å². The molecule has 1 nitrogen and oxygen atoms in total. The summed E-state index contributed by atoms with van der Waals surface area (Å²) in [6.45, 7) is 0. The van der Waals surface area contributed by atoms with Crippen molar-refractivity contribution in [1.82, 2.24) is 4.57 Å². The van der Waals surface area contributed by atoms with Crippen LogP contribution in [-0.4, -0.2) is 4.57 Å². The SMILES string of the molecule is Fc1ccc(-c2c(-c3ccccc3)c(-c3ccccc3)c(-c3ccc(F)cc3)n2-c2ccccc2)cc1. The third-order valence-corrected chi connectivity index (χ3v) is 6.55. The highest BCUT2D eigenvalue weighted by Gasteiger charge is 2.27. The van der Waals surface area contributed by atoms with Crippen molar-refractivity contribution >= 4 is 0 Å². The second-order valence-corrected chi connectivity index (χ2v) is 8.86. The van der Waals surface area contributed by atoms with Crippen LogP contribution in [0.3, 0.4) is 0 Å². The van der Waals surface area contributed by atoms with Crippen LogP contribution in [0, 0.1) is 11.6 Å². The van der Waals surface area contributed by atoms with Crippen molar-refractivity contribution < 1.29 is 8.78 Å². The zero-order valence-corrected chi connectivity index (χ0v) is 20.0. The molecule has 0 radical (unpaired) electrons. The van der Waals surface area contributed by atoms with Gasteiger partial charge in [0.15, 0.2) is 0 Å². The topological polar surface area (TPSA) is 4.93 Å². The van der Waals surface area contributed by atoms with Crippen LogP contribution in [0.2, 0.25) is 0 Å². The van der Waals surface area contributed by atoms with Gasteiger partial charge in [0.2, 0.25) is 0 Å². The molecular weight excluding hydrogens is 460 g/mol. The molecule has 6 rings (SSSR count). The molecule has 0 saturated carbocycles. The van der Waals surface area contributed by atoms with E-state index in [4.69, 9.17) is 0 Å². The van der Waals surface area contributed by atoms with Gasteiger partial charge in [-0.25, -0.2) is 8.78 Å². The molecule has 0 aliphatic rings. The second-order valence-electron chi connectivity index (χ2n) is 8.86. The fourth-order valence-corrected chi connectivity index (χ4v) is 4.94. The summed E-state index contributed by atoms with van der Waals surface area (Å²) in [4.78, 5) is 0. The molecule has 0 amide bonds. The Morgan fingerprint density at radius 2 is 0.703 bits per heavy atom. The minimum Gasteiger partial charge on any atom is -0.308 e. The van der Waals surface area contributed by atoms with Gasteiger partial charge in [0.1, 0.15) is 11.6 Å². The van der Waals surface area contributed by atoms with Gasteiger partial charge < -0.3 is 4.57 Å². The first-order valence-electron chi connectivity index (χ1n) is 12.2. The molecule has 37 heavy (non-hydrogen) atoms. The van der Waals surface area contributed by atoms with E-state index >= 15 is 0 Å². The third kappa shape index (κ3) is 4.25. The first-order chi connectivity index (χ1) is 18.2. The van der Waals surface area contributed by atoms with Gasteiger partial charge in [0.25, 0.3) is 0 Å². The molecule has 0 atom stereocenters. The van der Waals surface area contributed by atoms with Crippen LogP contribution in [0.15, 0.2) is 140 Å². The molecular formula is C34H23F2N. The number of halogens is 2. The highest BCUT2D eigenvalue weighted by atomic mass is 19.1. The molecule has 1 aromatic heterocycles. The van der Waals surface area contributed by atoms with Crippen molar-refractivity contribution in [3.8, 4) is 50.5 Å². The van der Waals surface area contributed by atoms with Crippen LogP contribution < -0.4 is 0 Å². The van der Waals surface area contributed by atoms with Crippen LogP contribution in [0.1, 0.15) is 0 Å². The lowest BCUT2D eigenvalue weighted by Crippen LogP contribution is -2.00. The Morgan fingerprint density at radius 1 is 0.351 bits per heavy atom. The van der Waals surface area contributed by atoms with E-state index in [0.717, 1.165) is 50.5 Å². The summed E-state index contributed by atoms with van der Waals surface area (Å²) in [5.41, 5.74) is 8.75. The molecule has 0 saturated heterocycles. The van der Waals surface area contributed by atoms with Crippen molar-refractivity contribution in [1.29, 1.82) is 0 Å². The van der Waals surface area contributed by atoms with Gasteiger partial charge in [-0.15, -0.1) is 0 Å². The molecule has 3 heteroatoms. The molecule has 1 heterocycles. The number of hydrogen-bond donors (Lipinski definition) is 0. The van der Waals surface area contributed by atoms with Crippen LogP contribution in [-0.2, 0) is 0 Å². The molecule has 6 aromatic rings. The van der Waals surface area contributed by atoms with E-state index in [1.54, 1.807) is 0 Å². The van der Waals surface area contributed by atoms with Crippen LogP contribution in [0.5, 0.6) is 0 Å². The van der Waals surface area contributed by atoms with Gasteiger partial charge in [0, 0.05) is 16.8 Å². The Morgan fingerprint density at radius 3 is 1.08 bits per heavy atom. The maximum atomic E-state index is 14.1. The van der Waals surface area contributed by atoms with Gasteiger partial charge in [-0.1, -0.05) is 78.9 Å². The standard InChI is InChI=1S/C34H23F2N/c35-28-20-16-26(17-21-28)33-31(24-10-4-1-5-11-24)32(25-12-6-2-7-13-25)34(27-18-22-29(36)23-19-27)37(33)30-14-8-3-9-15-30/h1-23H. The molecule has 0 bridgehead atoms. The monoisotopic (exact) mass is 483 g/mol. The first-order valence-corrected chi connectivity index (χ1v) is 12.2. The van der Waals surface area contributed by atoms with E-state index in [-0.39, 0.29) is 11.6 Å². The van der Waals surface area contributed by atoms with E-state index in [2.05, 4.69) is 41.0 Å². The van der Waals surface area contributed by atoms with E-state index < -0.39 is 0 Å². The Hall–Kier alpha value is -4.76. The Kier molecular flexibility index (Phi) is 5.95. The summed E-state index contributed by atoms with van der Waals surface area (Å²) in [6, 6.07) is 43.8. The van der Waals surface area contributed by atoms with Crippen molar-refractivity contribution in [2.75, 3.05) is 0 Å². The Labute approximate surface area is 214 Å². The van der Waals surface area contributed by atoms with Gasteiger partial charge in [-0.2, -0.15) is 0 Å². The quantitative estimate of drug-likeness (QED) is 0.230. The Bertz CT molecular complexity index is 1530. The molecule has 0 N–H and O–H groups in total. The maximum Gasteiger partial charge on any atom is 0.123 e. The average molecular weight is 484 g/mol. The van der Waals surface area contributed by atoms with Gasteiger partial charge in [-0.05, 0) is 82.9 Å². The largest absolute Gasteiger partial charge is 0.308 e. The van der Waals surface area contributed by atoms with Gasteiger partial charge in [-0.3, -0.25) is 0 Å². The number of aromatic nitrogens is 1. The molecule has 0 spiro atoms. The van der Waals surface area contributed by atoms with Gasteiger partial charge in [0.05, 0.1) is 11.4 Å². The smallest absolute Gasteiger partial charge is 0.123 e. The molecule has 0 aliphatic carbocycles. The van der Waals surface area contributed by atoms with Crippen LogP contribution >= 0.6 is 0 Å². The Balaban J connectivity index is 1.85. The minimum atomic E-state index is -0.287. The molecule has 0 aliphatic heterocycles. The zero-order chi connectivity index (χ0) is 25.2. The summed E-state index contributed by atoms with van der Waals surface area (Å²) in [7, 11) is 0. The number of para-hydroxylation sites is 1. The summed E-state index contributed by atoms with van der Waals surface area (Å²) in [5.74, 6) is -0.574. The summed E-state index contributed by atoms with van der Waals surface area (Å²) < 4.78 is 30.3. The number of nitrogens with zero attached hydrogens (tertiary/aromatic N) is 1. The third-order valence-electron chi connectivity index (χ3n) is 6.55. The fourth-order valence-electron chi connectivity index (χ4n) is 4.94.